The van der Waals surface area contributed by atoms with E-state index in [-0.39, 0.29) is 23.6 Å². The van der Waals surface area contributed by atoms with Crippen LogP contribution in [0.2, 0.25) is 0 Å². The fraction of sp³-hybridized carbons (Fsp3) is 0.500. The van der Waals surface area contributed by atoms with Gasteiger partial charge < -0.3 is 43.2 Å². The van der Waals surface area contributed by atoms with E-state index in [1.807, 2.05) is 0 Å². The largest absolute Gasteiger partial charge is 0.481 e. The van der Waals surface area contributed by atoms with E-state index in [9.17, 15) is 28.8 Å². The van der Waals surface area contributed by atoms with Gasteiger partial charge in [-0.3, -0.25) is 19.2 Å². The number of carbonyl (C=O) groups excluding carboxylic acids is 6. The molecule has 2 heterocycles. The summed E-state index contributed by atoms with van der Waals surface area (Å²) in [5, 5.41) is 10.7. The second-order valence-corrected chi connectivity index (χ2v) is 9.72. The number of nitrogens with one attached hydrogen (secondary N) is 1. The van der Waals surface area contributed by atoms with Crippen molar-refractivity contribution in [3.8, 4) is 11.4 Å². The second-order valence-electron chi connectivity index (χ2n) is 9.72. The number of hydrogen-bond donors (Lipinski definition) is 1. The predicted octanol–water partition coefficient (Wildman–Crippen LogP) is -0.222. The summed E-state index contributed by atoms with van der Waals surface area (Å²) in [6.07, 6.45) is -3.56. The molecule has 0 bridgehead atoms. The van der Waals surface area contributed by atoms with Gasteiger partial charge >= 0.3 is 29.8 Å². The molecule has 1 aliphatic rings. The van der Waals surface area contributed by atoms with Crippen LogP contribution in [0.4, 0.5) is 0 Å². The molecule has 46 heavy (non-hydrogen) atoms. The summed E-state index contributed by atoms with van der Waals surface area (Å²) in [7, 11) is 2.38. The minimum Gasteiger partial charge on any atom is -0.481 e. The number of nitrogens with zero attached hydrogens (tertiary/aromatic N) is 3. The average molecular weight is 651 g/mol. The van der Waals surface area contributed by atoms with E-state index in [4.69, 9.17) is 33.2 Å². The number of hydrogen-bond acceptors (Lipinski definition) is 16. The number of aromatic nitrogens is 3. The van der Waals surface area contributed by atoms with Gasteiger partial charge in [-0.15, -0.1) is 5.10 Å². The van der Waals surface area contributed by atoms with E-state index >= 15 is 0 Å². The maximum absolute atomic E-state index is 12.2. The van der Waals surface area contributed by atoms with Crippen molar-refractivity contribution in [3.05, 3.63) is 35.7 Å². The molecule has 1 aromatic heterocycles. The molecule has 0 spiro atoms. The molecule has 1 saturated heterocycles. The first-order valence-electron chi connectivity index (χ1n) is 13.7. The van der Waals surface area contributed by atoms with Crippen molar-refractivity contribution in [2.45, 2.75) is 64.9 Å². The van der Waals surface area contributed by atoms with Crippen LogP contribution < -0.4 is 10.1 Å². The summed E-state index contributed by atoms with van der Waals surface area (Å²) in [6.45, 7) is 3.53. The van der Waals surface area contributed by atoms with Crippen LogP contribution in [0.3, 0.4) is 0 Å². The van der Waals surface area contributed by atoms with Gasteiger partial charge in [-0.2, -0.15) is 0 Å². The predicted molar refractivity (Wildman–Crippen MR) is 149 cm³/mol. The van der Waals surface area contributed by atoms with Crippen LogP contribution in [0.1, 0.15) is 43.7 Å². The molecule has 1 aromatic carbocycles. The molecule has 0 radical (unpaired) electrons. The van der Waals surface area contributed by atoms with Gasteiger partial charge in [-0.05, 0) is 12.1 Å². The molecule has 0 unspecified atom stereocenters. The molecule has 1 fully saturated rings. The Balaban J connectivity index is 1.87. The lowest BCUT2D eigenvalue weighted by Crippen LogP contribution is -2.66. The number of amides is 1. The van der Waals surface area contributed by atoms with E-state index in [1.165, 1.54) is 57.1 Å². The standard InChI is InChI=1S/C28H34N4O14/c1-14(33)29-24-26(45-17(4)36)25(44-16(3)35)22(12-41-15(2)34)46-28(24)43-11-18-10-32(31-30-18)19-7-8-20(27(38)40-6)21(9-19)42-13-23(37)39-5/h7-10,22,24-26,28H,11-13H2,1-6H3,(H,29,33)/t22-,24-,25+,26+,28-/m0/s1. The van der Waals surface area contributed by atoms with Gasteiger partial charge in [-0.25, -0.2) is 14.3 Å². The fourth-order valence-electron chi connectivity index (χ4n) is 4.34. The van der Waals surface area contributed by atoms with Crippen molar-refractivity contribution in [1.82, 2.24) is 20.3 Å². The molecule has 0 aliphatic carbocycles. The minimum atomic E-state index is -1.32. The Morgan fingerprint density at radius 3 is 2.24 bits per heavy atom. The monoisotopic (exact) mass is 650 g/mol. The Bertz CT molecular complexity index is 1440. The Morgan fingerprint density at radius 1 is 0.935 bits per heavy atom. The summed E-state index contributed by atoms with van der Waals surface area (Å²) in [4.78, 5) is 71.4. The van der Waals surface area contributed by atoms with Crippen molar-refractivity contribution in [1.29, 1.82) is 0 Å². The molecule has 18 heteroatoms. The summed E-state index contributed by atoms with van der Waals surface area (Å²) in [6, 6.07) is 3.21. The number of carbonyl (C=O) groups is 6. The molecule has 3 rings (SSSR count). The smallest absolute Gasteiger partial charge is 0.343 e. The molecule has 1 amide bonds. The van der Waals surface area contributed by atoms with Gasteiger partial charge in [0.25, 0.3) is 0 Å². The van der Waals surface area contributed by atoms with Gasteiger partial charge in [0.15, 0.2) is 25.1 Å². The molecule has 5 atom stereocenters. The lowest BCUT2D eigenvalue weighted by Gasteiger charge is -2.44. The molecular weight excluding hydrogens is 616 g/mol. The van der Waals surface area contributed by atoms with Gasteiger partial charge in [0.1, 0.15) is 35.8 Å². The van der Waals surface area contributed by atoms with E-state index in [2.05, 4.69) is 20.4 Å². The summed E-state index contributed by atoms with van der Waals surface area (Å²) < 4.78 is 43.9. The minimum absolute atomic E-state index is 0.0227. The number of ether oxygens (including phenoxy) is 8. The maximum atomic E-state index is 12.2. The van der Waals surface area contributed by atoms with Crippen LogP contribution in [0, 0.1) is 0 Å². The average Bonchev–Trinajstić information content (AvgIpc) is 3.48. The first-order chi connectivity index (χ1) is 21.8. The van der Waals surface area contributed by atoms with E-state index < -0.39 is 79.6 Å². The van der Waals surface area contributed by atoms with Crippen molar-refractivity contribution in [2.75, 3.05) is 27.4 Å². The van der Waals surface area contributed by atoms with Gasteiger partial charge in [-0.1, -0.05) is 5.21 Å². The zero-order valence-corrected chi connectivity index (χ0v) is 25.9. The van der Waals surface area contributed by atoms with Gasteiger partial charge in [0, 0.05) is 33.8 Å². The highest BCUT2D eigenvalue weighted by molar-refractivity contribution is 5.93. The van der Waals surface area contributed by atoms with Gasteiger partial charge in [0.05, 0.1) is 32.7 Å². The quantitative estimate of drug-likeness (QED) is 0.219. The molecule has 1 aliphatic heterocycles. The van der Waals surface area contributed by atoms with E-state index in [0.717, 1.165) is 13.8 Å². The second kappa shape index (κ2) is 16.3. The van der Waals surface area contributed by atoms with Crippen LogP contribution in [-0.2, 0) is 63.7 Å². The lowest BCUT2D eigenvalue weighted by molar-refractivity contribution is -0.280. The molecular formula is C28H34N4O14. The number of benzene rings is 1. The summed E-state index contributed by atoms with van der Waals surface area (Å²) >= 11 is 0. The number of esters is 5. The Kier molecular flexibility index (Phi) is 12.5. The van der Waals surface area contributed by atoms with E-state index in [0.29, 0.717) is 5.69 Å². The molecule has 2 aromatic rings. The molecule has 1 N–H and O–H groups in total. The molecule has 250 valence electrons. The van der Waals surface area contributed by atoms with Crippen LogP contribution in [0.25, 0.3) is 5.69 Å². The van der Waals surface area contributed by atoms with E-state index in [1.54, 1.807) is 0 Å². The third-order valence-electron chi connectivity index (χ3n) is 6.22. The topological polar surface area (TPSA) is 219 Å². The van der Waals surface area contributed by atoms with Crippen molar-refractivity contribution in [2.24, 2.45) is 0 Å². The maximum Gasteiger partial charge on any atom is 0.343 e. The normalized spacial score (nSPS) is 20.5. The summed E-state index contributed by atoms with van der Waals surface area (Å²) in [5.74, 6) is -4.02. The summed E-state index contributed by atoms with van der Waals surface area (Å²) in [5.41, 5.74) is 0.703. The highest BCUT2D eigenvalue weighted by Crippen LogP contribution is 2.29. The number of methoxy groups -OCH3 is 2. The van der Waals surface area contributed by atoms with Crippen molar-refractivity contribution in [3.63, 3.8) is 0 Å². The first-order valence-corrected chi connectivity index (χ1v) is 13.7. The Morgan fingerprint density at radius 2 is 1.63 bits per heavy atom. The third kappa shape index (κ3) is 9.70. The zero-order chi connectivity index (χ0) is 34.0. The lowest BCUT2D eigenvalue weighted by atomic mass is 9.96. The SMILES string of the molecule is COC(=O)COc1cc(-n2cc(CO[C@H]3O[C@@H](COC(C)=O)[C@@H](OC(C)=O)[C@H](OC(C)=O)[C@@H]3NC(C)=O)nn2)ccc1C(=O)OC. The van der Waals surface area contributed by atoms with Crippen molar-refractivity contribution >= 4 is 35.8 Å². The van der Waals surface area contributed by atoms with Crippen LogP contribution >= 0.6 is 0 Å². The van der Waals surface area contributed by atoms with Crippen LogP contribution in [0.5, 0.6) is 5.75 Å². The molecule has 18 nitrogen and oxygen atoms in total. The zero-order valence-electron chi connectivity index (χ0n) is 25.9. The Hall–Kier alpha value is -5.10. The third-order valence-corrected chi connectivity index (χ3v) is 6.22. The van der Waals surface area contributed by atoms with Crippen LogP contribution in [-0.4, -0.2) is 109 Å². The van der Waals surface area contributed by atoms with Crippen molar-refractivity contribution < 1.29 is 66.7 Å². The highest BCUT2D eigenvalue weighted by Gasteiger charge is 2.51. The number of rotatable bonds is 13. The van der Waals surface area contributed by atoms with Crippen LogP contribution in [0.15, 0.2) is 24.4 Å². The Labute approximate surface area is 262 Å². The first kappa shape index (κ1) is 35.4. The molecule has 0 saturated carbocycles. The highest BCUT2D eigenvalue weighted by atomic mass is 16.7. The fourth-order valence-corrected chi connectivity index (χ4v) is 4.34. The van der Waals surface area contributed by atoms with Gasteiger partial charge in [0.2, 0.25) is 5.91 Å².